The van der Waals surface area contributed by atoms with Crippen LogP contribution in [0.3, 0.4) is 0 Å². The first-order valence-electron chi connectivity index (χ1n) is 7.68. The lowest BCUT2D eigenvalue weighted by atomic mass is 9.68. The summed E-state index contributed by atoms with van der Waals surface area (Å²) in [5.74, 6) is 1.42. The Hall–Kier alpha value is -1.88. The zero-order valence-corrected chi connectivity index (χ0v) is 12.0. The molecular formula is C16H20N4O. The average Bonchev–Trinajstić information content (AvgIpc) is 2.78. The summed E-state index contributed by atoms with van der Waals surface area (Å²) in [6.45, 7) is 1.93. The van der Waals surface area contributed by atoms with E-state index in [1.165, 1.54) is 25.7 Å². The van der Waals surface area contributed by atoms with Crippen molar-refractivity contribution < 1.29 is 4.79 Å². The molecule has 1 amide bonds. The second-order valence-electron chi connectivity index (χ2n) is 6.54. The van der Waals surface area contributed by atoms with E-state index in [1.54, 1.807) is 6.07 Å². The highest BCUT2D eigenvalue weighted by atomic mass is 16.1. The lowest BCUT2D eigenvalue weighted by Gasteiger charge is -2.45. The van der Waals surface area contributed by atoms with Crippen LogP contribution in [0.2, 0.25) is 0 Å². The number of nitrogens with zero attached hydrogens (tertiary/aromatic N) is 1. The molecule has 0 atom stereocenters. The number of hydrogen-bond donors (Lipinski definition) is 3. The molecule has 2 heterocycles. The third-order valence-electron chi connectivity index (χ3n) is 5.11. The van der Waals surface area contributed by atoms with E-state index < -0.39 is 5.91 Å². The van der Waals surface area contributed by atoms with Crippen LogP contribution in [0.25, 0.3) is 11.0 Å². The summed E-state index contributed by atoms with van der Waals surface area (Å²) < 4.78 is 0. The first-order valence-corrected chi connectivity index (χ1v) is 7.68. The second-order valence-corrected chi connectivity index (χ2v) is 6.54. The zero-order chi connectivity index (χ0) is 14.4. The van der Waals surface area contributed by atoms with Gasteiger partial charge in [0.25, 0.3) is 5.91 Å². The summed E-state index contributed by atoms with van der Waals surface area (Å²) in [7, 11) is 0. The largest absolute Gasteiger partial charge is 0.366 e. The topological polar surface area (TPSA) is 83.8 Å². The number of carbonyl (C=O) groups is 1. The molecule has 5 nitrogen and oxygen atoms in total. The van der Waals surface area contributed by atoms with E-state index in [-0.39, 0.29) is 5.41 Å². The van der Waals surface area contributed by atoms with Gasteiger partial charge in [0.05, 0.1) is 16.5 Å². The monoisotopic (exact) mass is 284 g/mol. The number of amides is 1. The minimum absolute atomic E-state index is 0.110. The van der Waals surface area contributed by atoms with Crippen molar-refractivity contribution in [3.8, 4) is 0 Å². The maximum absolute atomic E-state index is 11.5. The Kier molecular flexibility index (Phi) is 2.79. The summed E-state index contributed by atoms with van der Waals surface area (Å²) in [6.07, 6.45) is 5.23. The van der Waals surface area contributed by atoms with E-state index in [2.05, 4.69) is 10.3 Å². The molecule has 5 heteroatoms. The molecule has 2 aliphatic rings. The van der Waals surface area contributed by atoms with Gasteiger partial charge in [-0.3, -0.25) is 4.79 Å². The molecule has 1 aromatic heterocycles. The van der Waals surface area contributed by atoms with Crippen molar-refractivity contribution in [2.24, 2.45) is 11.7 Å². The number of nitrogens with two attached hydrogens (primary N) is 1. The Morgan fingerprint density at radius 3 is 2.76 bits per heavy atom. The van der Waals surface area contributed by atoms with Crippen molar-refractivity contribution in [2.45, 2.75) is 31.1 Å². The molecule has 4 rings (SSSR count). The van der Waals surface area contributed by atoms with Crippen LogP contribution >= 0.6 is 0 Å². The van der Waals surface area contributed by atoms with Crippen LogP contribution in [-0.2, 0) is 5.41 Å². The van der Waals surface area contributed by atoms with Crippen LogP contribution in [0.5, 0.6) is 0 Å². The van der Waals surface area contributed by atoms with Crippen LogP contribution in [0.1, 0.15) is 41.9 Å². The maximum atomic E-state index is 11.5. The van der Waals surface area contributed by atoms with Crippen LogP contribution in [0, 0.1) is 5.92 Å². The molecule has 1 aromatic carbocycles. The van der Waals surface area contributed by atoms with Gasteiger partial charge in [0.2, 0.25) is 0 Å². The van der Waals surface area contributed by atoms with Gasteiger partial charge >= 0.3 is 0 Å². The predicted octanol–water partition coefficient (Wildman–Crippen LogP) is 1.69. The van der Waals surface area contributed by atoms with Gasteiger partial charge in [-0.1, -0.05) is 25.3 Å². The molecule has 1 aliphatic carbocycles. The van der Waals surface area contributed by atoms with Crippen molar-refractivity contribution in [3.63, 3.8) is 0 Å². The van der Waals surface area contributed by atoms with Gasteiger partial charge < -0.3 is 16.0 Å². The summed E-state index contributed by atoms with van der Waals surface area (Å²) >= 11 is 0. The van der Waals surface area contributed by atoms with Gasteiger partial charge in [-0.05, 0) is 24.5 Å². The minimum Gasteiger partial charge on any atom is -0.366 e. The number of carbonyl (C=O) groups excluding carboxylic acids is 1. The number of benzene rings is 1. The molecule has 0 unspecified atom stereocenters. The molecule has 0 radical (unpaired) electrons. The summed E-state index contributed by atoms with van der Waals surface area (Å²) in [4.78, 5) is 19.7. The molecule has 1 saturated carbocycles. The number of aromatic amines is 1. The standard InChI is InChI=1S/C16H20N4O/c17-14(21)11-5-2-6-12-13(11)20-15(19-12)16(8-18-9-16)7-10-3-1-4-10/h2,5-6,10,18H,1,3-4,7-9H2,(H2,17,21)(H,19,20). The van der Waals surface area contributed by atoms with E-state index in [1.807, 2.05) is 12.1 Å². The quantitative estimate of drug-likeness (QED) is 0.799. The predicted molar refractivity (Wildman–Crippen MR) is 81.1 cm³/mol. The smallest absolute Gasteiger partial charge is 0.250 e. The molecule has 21 heavy (non-hydrogen) atoms. The first-order chi connectivity index (χ1) is 10.2. The maximum Gasteiger partial charge on any atom is 0.250 e. The Labute approximate surface area is 123 Å². The lowest BCUT2D eigenvalue weighted by molar-refractivity contribution is 0.100. The fourth-order valence-corrected chi connectivity index (χ4v) is 3.57. The number of rotatable bonds is 4. The zero-order valence-electron chi connectivity index (χ0n) is 12.0. The van der Waals surface area contributed by atoms with E-state index in [9.17, 15) is 4.79 Å². The Balaban J connectivity index is 1.75. The highest BCUT2D eigenvalue weighted by Crippen LogP contribution is 2.41. The molecule has 0 spiro atoms. The third kappa shape index (κ3) is 1.95. The number of hydrogen-bond acceptors (Lipinski definition) is 3. The SMILES string of the molecule is NC(=O)c1cccc2[nH]c(C3(CC4CCC4)CNC3)nc12. The fraction of sp³-hybridized carbons (Fsp3) is 0.500. The van der Waals surface area contributed by atoms with E-state index >= 15 is 0 Å². The number of imidazole rings is 1. The Bertz CT molecular complexity index is 697. The highest BCUT2D eigenvalue weighted by Gasteiger charge is 2.44. The first kappa shape index (κ1) is 12.8. The molecule has 2 aromatic rings. The van der Waals surface area contributed by atoms with Crippen molar-refractivity contribution >= 4 is 16.9 Å². The van der Waals surface area contributed by atoms with Crippen LogP contribution in [0.15, 0.2) is 18.2 Å². The lowest BCUT2D eigenvalue weighted by Crippen LogP contribution is -2.58. The molecular weight excluding hydrogens is 264 g/mol. The van der Waals surface area contributed by atoms with E-state index in [0.717, 1.165) is 30.3 Å². The summed E-state index contributed by atoms with van der Waals surface area (Å²) in [6, 6.07) is 5.55. The molecule has 110 valence electrons. The Morgan fingerprint density at radius 1 is 1.38 bits per heavy atom. The van der Waals surface area contributed by atoms with Crippen molar-refractivity contribution in [3.05, 3.63) is 29.6 Å². The van der Waals surface area contributed by atoms with Crippen molar-refractivity contribution in [2.75, 3.05) is 13.1 Å². The number of para-hydroxylation sites is 1. The van der Waals surface area contributed by atoms with Gasteiger partial charge in [0, 0.05) is 13.1 Å². The molecule has 2 fully saturated rings. The second kappa shape index (κ2) is 4.56. The molecule has 1 aliphatic heterocycles. The van der Waals surface area contributed by atoms with E-state index in [4.69, 9.17) is 10.7 Å². The van der Waals surface area contributed by atoms with Crippen molar-refractivity contribution in [1.82, 2.24) is 15.3 Å². The molecule has 0 bridgehead atoms. The average molecular weight is 284 g/mol. The molecule has 4 N–H and O–H groups in total. The van der Waals surface area contributed by atoms with Gasteiger partial charge in [-0.15, -0.1) is 0 Å². The van der Waals surface area contributed by atoms with Crippen LogP contribution in [0.4, 0.5) is 0 Å². The summed E-state index contributed by atoms with van der Waals surface area (Å²) in [5.41, 5.74) is 7.67. The van der Waals surface area contributed by atoms with E-state index in [0.29, 0.717) is 11.1 Å². The van der Waals surface area contributed by atoms with Crippen LogP contribution in [-0.4, -0.2) is 29.0 Å². The van der Waals surface area contributed by atoms with Gasteiger partial charge in [0.1, 0.15) is 11.3 Å². The number of nitrogens with one attached hydrogen (secondary N) is 2. The fourth-order valence-electron chi connectivity index (χ4n) is 3.57. The number of H-pyrrole nitrogens is 1. The Morgan fingerprint density at radius 2 is 2.19 bits per heavy atom. The number of fused-ring (bicyclic) bond motifs is 1. The highest BCUT2D eigenvalue weighted by molar-refractivity contribution is 6.04. The van der Waals surface area contributed by atoms with Gasteiger partial charge in [-0.2, -0.15) is 0 Å². The van der Waals surface area contributed by atoms with Gasteiger partial charge in [0.15, 0.2) is 0 Å². The minimum atomic E-state index is -0.418. The normalized spacial score (nSPS) is 21.0. The van der Waals surface area contributed by atoms with Gasteiger partial charge in [-0.25, -0.2) is 4.98 Å². The summed E-state index contributed by atoms with van der Waals surface area (Å²) in [5, 5.41) is 3.38. The van der Waals surface area contributed by atoms with Crippen LogP contribution < -0.4 is 11.1 Å². The van der Waals surface area contributed by atoms with Crippen molar-refractivity contribution in [1.29, 1.82) is 0 Å². The number of aromatic nitrogens is 2. The third-order valence-corrected chi connectivity index (χ3v) is 5.11. The molecule has 1 saturated heterocycles. The number of primary amides is 1.